The Morgan fingerprint density at radius 1 is 1.00 bits per heavy atom. The van der Waals surface area contributed by atoms with Crippen molar-refractivity contribution in [3.8, 4) is 0 Å². The summed E-state index contributed by atoms with van der Waals surface area (Å²) in [6.45, 7) is 4.74. The highest BCUT2D eigenvalue weighted by atomic mass is 16.1. The van der Waals surface area contributed by atoms with Crippen LogP contribution in [0.25, 0.3) is 0 Å². The Morgan fingerprint density at radius 3 is 2.45 bits per heavy atom. The number of aromatic nitrogens is 2. The molecule has 1 amide bonds. The number of hydrogen-bond acceptors (Lipinski definition) is 5. The summed E-state index contributed by atoms with van der Waals surface area (Å²) in [5, 5.41) is 6.08. The first kappa shape index (κ1) is 18.9. The van der Waals surface area contributed by atoms with Gasteiger partial charge in [0.05, 0.1) is 0 Å². The number of benzene rings is 2. The predicted molar refractivity (Wildman–Crippen MR) is 116 cm³/mol. The van der Waals surface area contributed by atoms with Gasteiger partial charge in [-0.25, -0.2) is 9.97 Å². The highest BCUT2D eigenvalue weighted by Gasteiger charge is 2.12. The number of carbonyl (C=O) groups is 1. The fourth-order valence-corrected chi connectivity index (χ4v) is 3.38. The van der Waals surface area contributed by atoms with Crippen LogP contribution < -0.4 is 15.5 Å². The topological polar surface area (TPSA) is 70.2 Å². The SMILES string of the molecule is Cc1ccc(CNC(=O)c2ccnc(Nc3ccc(N4CCCC4)cc3)n2)cc1. The second kappa shape index (κ2) is 8.73. The lowest BCUT2D eigenvalue weighted by Gasteiger charge is -2.17. The van der Waals surface area contributed by atoms with E-state index in [4.69, 9.17) is 0 Å². The molecule has 29 heavy (non-hydrogen) atoms. The molecule has 1 saturated heterocycles. The van der Waals surface area contributed by atoms with Crippen LogP contribution in [-0.4, -0.2) is 29.0 Å². The minimum atomic E-state index is -0.222. The normalized spacial score (nSPS) is 13.3. The monoisotopic (exact) mass is 387 g/mol. The molecule has 2 heterocycles. The van der Waals surface area contributed by atoms with E-state index in [9.17, 15) is 4.79 Å². The van der Waals surface area contributed by atoms with Gasteiger partial charge >= 0.3 is 0 Å². The van der Waals surface area contributed by atoms with E-state index in [2.05, 4.69) is 37.6 Å². The van der Waals surface area contributed by atoms with E-state index in [0.29, 0.717) is 18.2 Å². The van der Waals surface area contributed by atoms with Gasteiger partial charge in [0.15, 0.2) is 0 Å². The number of amides is 1. The number of aryl methyl sites for hydroxylation is 1. The number of hydrogen-bond donors (Lipinski definition) is 2. The second-order valence-electron chi connectivity index (χ2n) is 7.30. The molecule has 2 aromatic carbocycles. The molecule has 0 bridgehead atoms. The molecule has 4 rings (SSSR count). The molecule has 1 fully saturated rings. The summed E-state index contributed by atoms with van der Waals surface area (Å²) in [4.78, 5) is 23.4. The second-order valence-corrected chi connectivity index (χ2v) is 7.30. The first-order valence-corrected chi connectivity index (χ1v) is 9.96. The molecule has 0 saturated carbocycles. The minimum Gasteiger partial charge on any atom is -0.372 e. The standard InChI is InChI=1S/C23H25N5O/c1-17-4-6-18(7-5-17)16-25-22(29)21-12-13-24-23(27-21)26-19-8-10-20(11-9-19)28-14-2-3-15-28/h4-13H,2-3,14-16H2,1H3,(H,25,29)(H,24,26,27). The van der Waals surface area contributed by atoms with Crippen molar-refractivity contribution in [1.29, 1.82) is 0 Å². The van der Waals surface area contributed by atoms with Gasteiger partial charge in [-0.15, -0.1) is 0 Å². The van der Waals surface area contributed by atoms with Crippen LogP contribution >= 0.6 is 0 Å². The lowest BCUT2D eigenvalue weighted by atomic mass is 10.1. The highest BCUT2D eigenvalue weighted by molar-refractivity contribution is 5.92. The van der Waals surface area contributed by atoms with Crippen molar-refractivity contribution in [3.05, 3.63) is 77.6 Å². The van der Waals surface area contributed by atoms with E-state index in [0.717, 1.165) is 24.3 Å². The van der Waals surface area contributed by atoms with Crippen molar-refractivity contribution >= 4 is 23.2 Å². The molecule has 1 aromatic heterocycles. The molecular weight excluding hydrogens is 362 g/mol. The maximum atomic E-state index is 12.4. The van der Waals surface area contributed by atoms with Crippen molar-refractivity contribution in [1.82, 2.24) is 15.3 Å². The molecule has 0 aliphatic carbocycles. The average Bonchev–Trinajstić information content (AvgIpc) is 3.29. The third-order valence-electron chi connectivity index (χ3n) is 5.06. The van der Waals surface area contributed by atoms with Crippen LogP contribution in [0, 0.1) is 6.92 Å². The van der Waals surface area contributed by atoms with Crippen LogP contribution in [0.5, 0.6) is 0 Å². The molecule has 0 spiro atoms. The number of nitrogens with one attached hydrogen (secondary N) is 2. The summed E-state index contributed by atoms with van der Waals surface area (Å²) in [7, 11) is 0. The summed E-state index contributed by atoms with van der Waals surface area (Å²) >= 11 is 0. The zero-order valence-electron chi connectivity index (χ0n) is 16.6. The van der Waals surface area contributed by atoms with E-state index in [1.807, 2.05) is 43.3 Å². The Bertz CT molecular complexity index is 963. The zero-order chi connectivity index (χ0) is 20.1. The first-order chi connectivity index (χ1) is 14.2. The summed E-state index contributed by atoms with van der Waals surface area (Å²) in [5.41, 5.74) is 4.71. The van der Waals surface area contributed by atoms with E-state index in [-0.39, 0.29) is 5.91 Å². The zero-order valence-corrected chi connectivity index (χ0v) is 16.6. The predicted octanol–water partition coefficient (Wildman–Crippen LogP) is 4.06. The lowest BCUT2D eigenvalue weighted by Crippen LogP contribution is -2.24. The number of carbonyl (C=O) groups excluding carboxylic acids is 1. The first-order valence-electron chi connectivity index (χ1n) is 9.96. The lowest BCUT2D eigenvalue weighted by molar-refractivity contribution is 0.0946. The maximum absolute atomic E-state index is 12.4. The molecule has 6 heteroatoms. The maximum Gasteiger partial charge on any atom is 0.270 e. The van der Waals surface area contributed by atoms with E-state index in [1.165, 1.54) is 24.1 Å². The third-order valence-corrected chi connectivity index (χ3v) is 5.06. The van der Waals surface area contributed by atoms with Crippen LogP contribution in [0.4, 0.5) is 17.3 Å². The van der Waals surface area contributed by atoms with Gasteiger partial charge in [-0.3, -0.25) is 4.79 Å². The summed E-state index contributed by atoms with van der Waals surface area (Å²) in [6, 6.07) is 17.9. The van der Waals surface area contributed by atoms with Gasteiger partial charge < -0.3 is 15.5 Å². The molecule has 0 unspecified atom stereocenters. The van der Waals surface area contributed by atoms with Crippen molar-refractivity contribution in [3.63, 3.8) is 0 Å². The van der Waals surface area contributed by atoms with Gasteiger partial charge in [0.25, 0.3) is 5.91 Å². The molecule has 148 valence electrons. The van der Waals surface area contributed by atoms with Crippen LogP contribution in [-0.2, 0) is 6.54 Å². The van der Waals surface area contributed by atoms with E-state index >= 15 is 0 Å². The van der Waals surface area contributed by atoms with Crippen molar-refractivity contribution < 1.29 is 4.79 Å². The van der Waals surface area contributed by atoms with Crippen molar-refractivity contribution in [2.75, 3.05) is 23.3 Å². The largest absolute Gasteiger partial charge is 0.372 e. The van der Waals surface area contributed by atoms with Crippen LogP contribution in [0.3, 0.4) is 0 Å². The Kier molecular flexibility index (Phi) is 5.70. The Morgan fingerprint density at radius 2 is 1.72 bits per heavy atom. The van der Waals surface area contributed by atoms with Crippen LogP contribution in [0.2, 0.25) is 0 Å². The molecule has 1 aliphatic rings. The van der Waals surface area contributed by atoms with Gasteiger partial charge in [0.1, 0.15) is 5.69 Å². The Labute approximate surface area is 171 Å². The minimum absolute atomic E-state index is 0.222. The third kappa shape index (κ3) is 4.90. The fourth-order valence-electron chi connectivity index (χ4n) is 3.38. The molecule has 2 N–H and O–H groups in total. The number of anilines is 3. The summed E-state index contributed by atoms with van der Waals surface area (Å²) in [6.07, 6.45) is 4.11. The van der Waals surface area contributed by atoms with Crippen LogP contribution in [0.15, 0.2) is 60.8 Å². The van der Waals surface area contributed by atoms with Crippen LogP contribution in [0.1, 0.15) is 34.5 Å². The van der Waals surface area contributed by atoms with E-state index in [1.54, 1.807) is 12.3 Å². The average molecular weight is 387 g/mol. The van der Waals surface area contributed by atoms with Gasteiger partial charge in [-0.2, -0.15) is 0 Å². The smallest absolute Gasteiger partial charge is 0.270 e. The molecule has 6 nitrogen and oxygen atoms in total. The van der Waals surface area contributed by atoms with Crippen molar-refractivity contribution in [2.45, 2.75) is 26.3 Å². The summed E-state index contributed by atoms with van der Waals surface area (Å²) in [5.74, 6) is 0.183. The van der Waals surface area contributed by atoms with Gasteiger partial charge in [-0.1, -0.05) is 29.8 Å². The fraction of sp³-hybridized carbons (Fsp3) is 0.261. The van der Waals surface area contributed by atoms with Gasteiger partial charge in [0.2, 0.25) is 5.95 Å². The highest BCUT2D eigenvalue weighted by Crippen LogP contribution is 2.23. The molecule has 0 radical (unpaired) electrons. The summed E-state index contributed by atoms with van der Waals surface area (Å²) < 4.78 is 0. The Hall–Kier alpha value is -3.41. The van der Waals surface area contributed by atoms with E-state index < -0.39 is 0 Å². The van der Waals surface area contributed by atoms with Gasteiger partial charge in [0, 0.05) is 37.2 Å². The molecule has 0 atom stereocenters. The molecular formula is C23H25N5O. The number of rotatable bonds is 6. The molecule has 1 aliphatic heterocycles. The Balaban J connectivity index is 1.37. The van der Waals surface area contributed by atoms with Gasteiger partial charge in [-0.05, 0) is 55.7 Å². The number of nitrogens with zero attached hydrogens (tertiary/aromatic N) is 3. The molecule has 3 aromatic rings. The van der Waals surface area contributed by atoms with Crippen molar-refractivity contribution in [2.24, 2.45) is 0 Å². The quantitative estimate of drug-likeness (QED) is 0.667.